The summed E-state index contributed by atoms with van der Waals surface area (Å²) in [6, 6.07) is -0.314. The number of piperazine rings is 1. The Labute approximate surface area is 115 Å². The zero-order valence-electron chi connectivity index (χ0n) is 12.4. The van der Waals surface area contributed by atoms with Gasteiger partial charge in [0.1, 0.15) is 11.6 Å². The van der Waals surface area contributed by atoms with E-state index in [1.165, 1.54) is 0 Å². The summed E-state index contributed by atoms with van der Waals surface area (Å²) in [6.07, 6.45) is 5.42. The van der Waals surface area contributed by atoms with Crippen LogP contribution in [0, 0.1) is 5.92 Å². The molecule has 1 aliphatic heterocycles. The van der Waals surface area contributed by atoms with Crippen LogP contribution in [-0.4, -0.2) is 34.8 Å². The van der Waals surface area contributed by atoms with Gasteiger partial charge in [0.05, 0.1) is 0 Å². The van der Waals surface area contributed by atoms with Gasteiger partial charge >= 0.3 is 0 Å². The summed E-state index contributed by atoms with van der Waals surface area (Å²) in [5, 5.41) is 2.94. The summed E-state index contributed by atoms with van der Waals surface area (Å²) in [5.41, 5.74) is -0.530. The lowest BCUT2D eigenvalue weighted by Crippen LogP contribution is -2.69. The van der Waals surface area contributed by atoms with E-state index in [0.29, 0.717) is 12.3 Å². The first-order chi connectivity index (χ1) is 9.01. The molecule has 1 spiro atoms. The smallest absolute Gasteiger partial charge is 0.246 e. The Balaban J connectivity index is 2.23. The van der Waals surface area contributed by atoms with Crippen molar-refractivity contribution < 1.29 is 9.59 Å². The predicted octanol–water partition coefficient (Wildman–Crippen LogP) is 2.08. The molecule has 0 aromatic carbocycles. The van der Waals surface area contributed by atoms with Gasteiger partial charge in [0.15, 0.2) is 0 Å². The van der Waals surface area contributed by atoms with Crippen LogP contribution in [0.2, 0.25) is 0 Å². The highest BCUT2D eigenvalue weighted by atomic mass is 16.2. The molecule has 0 radical (unpaired) electrons. The molecule has 4 nitrogen and oxygen atoms in total. The van der Waals surface area contributed by atoms with E-state index in [2.05, 4.69) is 19.2 Å². The first-order valence-corrected chi connectivity index (χ1v) is 7.63. The van der Waals surface area contributed by atoms with Crippen LogP contribution in [0.1, 0.15) is 59.3 Å². The lowest BCUT2D eigenvalue weighted by atomic mass is 9.88. The van der Waals surface area contributed by atoms with Gasteiger partial charge in [0.25, 0.3) is 0 Å². The summed E-state index contributed by atoms with van der Waals surface area (Å²) in [4.78, 5) is 27.0. The highest BCUT2D eigenvalue weighted by molar-refractivity contribution is 6.00. The molecule has 2 amide bonds. The molecule has 0 aromatic rings. The predicted molar refractivity (Wildman–Crippen MR) is 74.6 cm³/mol. The Bertz CT molecular complexity index is 359. The molecule has 1 saturated heterocycles. The van der Waals surface area contributed by atoms with Gasteiger partial charge in [-0.15, -0.1) is 0 Å². The summed E-state index contributed by atoms with van der Waals surface area (Å²) >= 11 is 0. The lowest BCUT2D eigenvalue weighted by molar-refractivity contribution is -0.157. The van der Waals surface area contributed by atoms with Crippen molar-refractivity contribution in [2.75, 3.05) is 6.54 Å². The minimum absolute atomic E-state index is 0.0835. The molecule has 1 unspecified atom stereocenters. The maximum absolute atomic E-state index is 12.6. The van der Waals surface area contributed by atoms with Crippen LogP contribution in [0.3, 0.4) is 0 Å². The Morgan fingerprint density at radius 1 is 1.32 bits per heavy atom. The molecular formula is C15H26N2O2. The van der Waals surface area contributed by atoms with Gasteiger partial charge in [0, 0.05) is 6.54 Å². The highest BCUT2D eigenvalue weighted by Gasteiger charge is 2.52. The van der Waals surface area contributed by atoms with Crippen molar-refractivity contribution in [3.05, 3.63) is 0 Å². The van der Waals surface area contributed by atoms with Gasteiger partial charge in [-0.1, -0.05) is 33.6 Å². The number of nitrogens with one attached hydrogen (secondary N) is 1. The summed E-state index contributed by atoms with van der Waals surface area (Å²) in [6.45, 7) is 7.00. The van der Waals surface area contributed by atoms with E-state index in [4.69, 9.17) is 0 Å². The van der Waals surface area contributed by atoms with Crippen LogP contribution in [0.15, 0.2) is 0 Å². The quantitative estimate of drug-likeness (QED) is 0.847. The molecule has 0 aromatic heterocycles. The van der Waals surface area contributed by atoms with Gasteiger partial charge in [-0.2, -0.15) is 0 Å². The van der Waals surface area contributed by atoms with Crippen molar-refractivity contribution in [1.29, 1.82) is 0 Å². The van der Waals surface area contributed by atoms with E-state index in [1.807, 2.05) is 11.8 Å². The van der Waals surface area contributed by atoms with Crippen LogP contribution < -0.4 is 5.32 Å². The monoisotopic (exact) mass is 266 g/mol. The number of hydrogen-bond acceptors (Lipinski definition) is 2. The number of carbonyl (C=O) groups is 2. The fraction of sp³-hybridized carbons (Fsp3) is 0.867. The van der Waals surface area contributed by atoms with Gasteiger partial charge in [-0.05, 0) is 31.6 Å². The largest absolute Gasteiger partial charge is 0.342 e. The molecule has 1 N–H and O–H groups in total. The van der Waals surface area contributed by atoms with E-state index >= 15 is 0 Å². The molecule has 1 atom stereocenters. The topological polar surface area (TPSA) is 49.4 Å². The first kappa shape index (κ1) is 14.4. The van der Waals surface area contributed by atoms with E-state index in [0.717, 1.165) is 38.6 Å². The van der Waals surface area contributed by atoms with E-state index < -0.39 is 5.54 Å². The maximum atomic E-state index is 12.6. The second kappa shape index (κ2) is 5.51. The average molecular weight is 266 g/mol. The van der Waals surface area contributed by atoms with E-state index in [-0.39, 0.29) is 17.9 Å². The molecule has 2 aliphatic rings. The normalized spacial score (nSPS) is 26.3. The van der Waals surface area contributed by atoms with Gasteiger partial charge in [-0.3, -0.25) is 9.59 Å². The molecule has 2 fully saturated rings. The van der Waals surface area contributed by atoms with Crippen molar-refractivity contribution >= 4 is 11.8 Å². The second-order valence-electron chi connectivity index (χ2n) is 6.35. The Morgan fingerprint density at radius 3 is 2.47 bits per heavy atom. The number of nitrogens with zero attached hydrogens (tertiary/aromatic N) is 1. The van der Waals surface area contributed by atoms with Gasteiger partial charge < -0.3 is 10.2 Å². The molecule has 1 aliphatic carbocycles. The Hall–Kier alpha value is -1.06. The SMILES string of the molecule is CCC1NC(=O)C2(CCCC2)N(CCC(C)C)C1=O. The van der Waals surface area contributed by atoms with Crippen LogP contribution >= 0.6 is 0 Å². The summed E-state index contributed by atoms with van der Waals surface area (Å²) < 4.78 is 0. The fourth-order valence-electron chi connectivity index (χ4n) is 3.32. The molecule has 1 heterocycles. The zero-order valence-corrected chi connectivity index (χ0v) is 12.4. The van der Waals surface area contributed by atoms with E-state index in [1.54, 1.807) is 0 Å². The molecule has 2 rings (SSSR count). The first-order valence-electron chi connectivity index (χ1n) is 7.63. The van der Waals surface area contributed by atoms with E-state index in [9.17, 15) is 9.59 Å². The van der Waals surface area contributed by atoms with Crippen LogP contribution in [0.25, 0.3) is 0 Å². The van der Waals surface area contributed by atoms with Crippen LogP contribution in [0.4, 0.5) is 0 Å². The third-order valence-corrected chi connectivity index (χ3v) is 4.58. The number of amides is 2. The zero-order chi connectivity index (χ0) is 14.0. The maximum Gasteiger partial charge on any atom is 0.246 e. The molecule has 108 valence electrons. The third kappa shape index (κ3) is 2.49. The molecule has 1 saturated carbocycles. The highest BCUT2D eigenvalue weighted by Crippen LogP contribution is 2.38. The van der Waals surface area contributed by atoms with Crippen LogP contribution in [-0.2, 0) is 9.59 Å². The van der Waals surface area contributed by atoms with Gasteiger partial charge in [-0.25, -0.2) is 0 Å². The fourth-order valence-corrected chi connectivity index (χ4v) is 3.32. The molecule has 0 bridgehead atoms. The lowest BCUT2D eigenvalue weighted by Gasteiger charge is -2.46. The molecule has 4 heteroatoms. The standard InChI is InChI=1S/C15H26N2O2/c1-4-12-13(18)17(10-7-11(2)3)15(14(19)16-12)8-5-6-9-15/h11-12H,4-10H2,1-3H3,(H,16,19). The number of hydrogen-bond donors (Lipinski definition) is 1. The van der Waals surface area contributed by atoms with Crippen molar-refractivity contribution in [3.8, 4) is 0 Å². The van der Waals surface area contributed by atoms with Crippen molar-refractivity contribution in [3.63, 3.8) is 0 Å². The third-order valence-electron chi connectivity index (χ3n) is 4.58. The molecule has 19 heavy (non-hydrogen) atoms. The average Bonchev–Trinajstić information content (AvgIpc) is 2.84. The minimum Gasteiger partial charge on any atom is -0.342 e. The van der Waals surface area contributed by atoms with Crippen molar-refractivity contribution in [1.82, 2.24) is 10.2 Å². The minimum atomic E-state index is -0.530. The second-order valence-corrected chi connectivity index (χ2v) is 6.35. The number of rotatable bonds is 4. The van der Waals surface area contributed by atoms with Gasteiger partial charge in [0.2, 0.25) is 11.8 Å². The van der Waals surface area contributed by atoms with Crippen molar-refractivity contribution in [2.45, 2.75) is 70.9 Å². The Kier molecular flexibility index (Phi) is 4.16. The van der Waals surface area contributed by atoms with Crippen LogP contribution in [0.5, 0.6) is 0 Å². The summed E-state index contributed by atoms with van der Waals surface area (Å²) in [5.74, 6) is 0.765. The Morgan fingerprint density at radius 2 is 1.95 bits per heavy atom. The number of carbonyl (C=O) groups excluding carboxylic acids is 2. The van der Waals surface area contributed by atoms with Crippen molar-refractivity contribution in [2.24, 2.45) is 5.92 Å². The molecular weight excluding hydrogens is 240 g/mol. The summed E-state index contributed by atoms with van der Waals surface area (Å²) in [7, 11) is 0.